The molecule has 2 aromatic rings. The average Bonchev–Trinajstić information content (AvgIpc) is 3.13. The van der Waals surface area contributed by atoms with Gasteiger partial charge < -0.3 is 10.2 Å². The van der Waals surface area contributed by atoms with Gasteiger partial charge in [-0.1, -0.05) is 0 Å². The van der Waals surface area contributed by atoms with Crippen LogP contribution in [0.2, 0.25) is 0 Å². The summed E-state index contributed by atoms with van der Waals surface area (Å²) >= 11 is 0.879. The predicted octanol–water partition coefficient (Wildman–Crippen LogP) is 3.94. The first kappa shape index (κ1) is 23.9. The molecule has 6 nitrogen and oxygen atoms in total. The third-order valence-corrected chi connectivity index (χ3v) is 7.83. The fourth-order valence-corrected chi connectivity index (χ4v) is 5.28. The highest BCUT2D eigenvalue weighted by Gasteiger charge is 2.36. The van der Waals surface area contributed by atoms with Crippen LogP contribution >= 0.6 is 11.3 Å². The number of piperidine rings is 1. The van der Waals surface area contributed by atoms with Gasteiger partial charge in [0.1, 0.15) is 5.82 Å². The maximum atomic E-state index is 13.7. The second-order valence-corrected chi connectivity index (χ2v) is 11.5. The summed E-state index contributed by atoms with van der Waals surface area (Å²) in [5.41, 5.74) is -0.533. The Bertz CT molecular complexity index is 977. The number of aromatic nitrogens is 1. The van der Waals surface area contributed by atoms with E-state index in [-0.39, 0.29) is 32.3 Å². The van der Waals surface area contributed by atoms with Crippen molar-refractivity contribution in [2.45, 2.75) is 44.5 Å². The second-order valence-electron chi connectivity index (χ2n) is 8.59. The highest BCUT2D eigenvalue weighted by Crippen LogP contribution is 2.40. The number of halogens is 3. The molecular weight excluding hydrogens is 449 g/mol. The minimum atomic E-state index is -4.54. The van der Waals surface area contributed by atoms with E-state index in [1.807, 2.05) is 25.7 Å². The molecule has 0 bridgehead atoms. The fourth-order valence-electron chi connectivity index (χ4n) is 3.44. The molecule has 3 heterocycles. The standard InChI is InChI=1S/C20H27F3N4O2S2/c1-19(2,3)31(29)25-10-12-5-7-27(8-6-12)15-9-14(20(21,22)23)17-16(26-15)13(11-30-17)18(28)24-4/h9,11-12,25H,5-8,10H2,1-4H3,(H,24,28). The van der Waals surface area contributed by atoms with Gasteiger partial charge in [-0.05, 0) is 45.6 Å². The molecule has 3 rings (SSSR count). The van der Waals surface area contributed by atoms with Gasteiger partial charge in [-0.3, -0.25) is 4.79 Å². The Hall–Kier alpha value is -1.72. The van der Waals surface area contributed by atoms with Gasteiger partial charge >= 0.3 is 6.18 Å². The molecule has 1 fully saturated rings. The van der Waals surface area contributed by atoms with Crippen LogP contribution in [0, 0.1) is 5.92 Å². The smallest absolute Gasteiger partial charge is 0.357 e. The van der Waals surface area contributed by atoms with Crippen molar-refractivity contribution >= 4 is 44.3 Å². The van der Waals surface area contributed by atoms with Gasteiger partial charge in [0, 0.05) is 32.1 Å². The fraction of sp³-hybridized carbons (Fsp3) is 0.600. The average molecular weight is 477 g/mol. The normalized spacial score (nSPS) is 17.2. The summed E-state index contributed by atoms with van der Waals surface area (Å²) in [6.07, 6.45) is -3.04. The van der Waals surface area contributed by atoms with Gasteiger partial charge in [0.15, 0.2) is 0 Å². The molecule has 0 radical (unpaired) electrons. The molecule has 1 aliphatic rings. The number of anilines is 1. The minimum Gasteiger partial charge on any atom is -0.357 e. The monoisotopic (exact) mass is 476 g/mol. The lowest BCUT2D eigenvalue weighted by molar-refractivity contribution is -0.136. The summed E-state index contributed by atoms with van der Waals surface area (Å²) < 4.78 is 56.0. The quantitative estimate of drug-likeness (QED) is 0.686. The second kappa shape index (κ2) is 9.03. The number of nitrogens with one attached hydrogen (secondary N) is 2. The molecule has 0 aliphatic carbocycles. The van der Waals surface area contributed by atoms with Crippen LogP contribution in [-0.4, -0.2) is 46.5 Å². The van der Waals surface area contributed by atoms with Gasteiger partial charge in [-0.25, -0.2) is 13.9 Å². The molecular formula is C20H27F3N4O2S2. The SMILES string of the molecule is CNC(=O)c1csc2c(C(F)(F)F)cc(N3CCC(CNS(=O)C(C)(C)C)CC3)nc12. The van der Waals surface area contributed by atoms with E-state index in [1.54, 1.807) is 0 Å². The molecule has 1 saturated heterocycles. The summed E-state index contributed by atoms with van der Waals surface area (Å²) in [6.45, 7) is 7.39. The number of carbonyl (C=O) groups excluding carboxylic acids is 1. The lowest BCUT2D eigenvalue weighted by Crippen LogP contribution is -2.40. The number of hydrogen-bond acceptors (Lipinski definition) is 5. The molecule has 0 saturated carbocycles. The van der Waals surface area contributed by atoms with Gasteiger partial charge in [0.05, 0.1) is 37.1 Å². The lowest BCUT2D eigenvalue weighted by atomic mass is 9.97. The first-order chi connectivity index (χ1) is 14.4. The van der Waals surface area contributed by atoms with Crippen LogP contribution in [0.5, 0.6) is 0 Å². The molecule has 1 aliphatic heterocycles. The van der Waals surface area contributed by atoms with Crippen molar-refractivity contribution in [3.05, 3.63) is 22.6 Å². The van der Waals surface area contributed by atoms with E-state index in [0.29, 0.717) is 19.6 Å². The number of hydrogen-bond donors (Lipinski definition) is 2. The topological polar surface area (TPSA) is 74.3 Å². The van der Waals surface area contributed by atoms with Crippen LogP contribution in [0.25, 0.3) is 10.2 Å². The summed E-state index contributed by atoms with van der Waals surface area (Å²) in [6, 6.07) is 1.08. The Kier molecular flexibility index (Phi) is 6.97. The van der Waals surface area contributed by atoms with Crippen molar-refractivity contribution in [2.24, 2.45) is 5.92 Å². The number of carbonyl (C=O) groups is 1. The molecule has 2 N–H and O–H groups in total. The van der Waals surface area contributed by atoms with Crippen molar-refractivity contribution in [1.82, 2.24) is 15.0 Å². The highest BCUT2D eigenvalue weighted by atomic mass is 32.2. The van der Waals surface area contributed by atoms with Gasteiger partial charge in [-0.2, -0.15) is 13.2 Å². The molecule has 1 unspecified atom stereocenters. The Morgan fingerprint density at radius 3 is 2.48 bits per heavy atom. The Morgan fingerprint density at radius 2 is 1.94 bits per heavy atom. The van der Waals surface area contributed by atoms with E-state index in [1.165, 1.54) is 12.4 Å². The summed E-state index contributed by atoms with van der Waals surface area (Å²) in [4.78, 5) is 18.4. The Balaban J connectivity index is 1.80. The van der Waals surface area contributed by atoms with E-state index in [0.717, 1.165) is 30.2 Å². The van der Waals surface area contributed by atoms with Gasteiger partial charge in [-0.15, -0.1) is 11.3 Å². The van der Waals surface area contributed by atoms with E-state index >= 15 is 0 Å². The zero-order valence-corrected chi connectivity index (χ0v) is 19.6. The van der Waals surface area contributed by atoms with Crippen molar-refractivity contribution in [2.75, 3.05) is 31.6 Å². The van der Waals surface area contributed by atoms with Crippen molar-refractivity contribution in [3.63, 3.8) is 0 Å². The summed E-state index contributed by atoms with van der Waals surface area (Å²) in [5, 5.41) is 3.88. The number of thiophene rings is 1. The third-order valence-electron chi connectivity index (χ3n) is 5.28. The van der Waals surface area contributed by atoms with Gasteiger partial charge in [0.2, 0.25) is 0 Å². The maximum Gasteiger partial charge on any atom is 0.417 e. The van der Waals surface area contributed by atoms with Crippen LogP contribution in [0.15, 0.2) is 11.4 Å². The van der Waals surface area contributed by atoms with Crippen LogP contribution < -0.4 is 14.9 Å². The first-order valence-electron chi connectivity index (χ1n) is 10.0. The van der Waals surface area contributed by atoms with Crippen molar-refractivity contribution in [1.29, 1.82) is 0 Å². The number of rotatable bonds is 5. The molecule has 0 spiro atoms. The summed E-state index contributed by atoms with van der Waals surface area (Å²) in [5.74, 6) is 0.0599. The van der Waals surface area contributed by atoms with E-state index in [4.69, 9.17) is 0 Å². The first-order valence-corrected chi connectivity index (χ1v) is 12.1. The molecule has 1 amide bonds. The van der Waals surface area contributed by atoms with Crippen molar-refractivity contribution < 1.29 is 22.2 Å². The van der Waals surface area contributed by atoms with Crippen LogP contribution in [0.4, 0.5) is 19.0 Å². The molecule has 2 aromatic heterocycles. The van der Waals surface area contributed by atoms with Crippen LogP contribution in [0.1, 0.15) is 49.5 Å². The van der Waals surface area contributed by atoms with E-state index in [9.17, 15) is 22.2 Å². The Labute approximate surface area is 186 Å². The Morgan fingerprint density at radius 1 is 1.29 bits per heavy atom. The number of nitrogens with zero attached hydrogens (tertiary/aromatic N) is 2. The lowest BCUT2D eigenvalue weighted by Gasteiger charge is -2.33. The molecule has 0 aromatic carbocycles. The predicted molar refractivity (Wildman–Crippen MR) is 119 cm³/mol. The van der Waals surface area contributed by atoms with Gasteiger partial charge in [0.25, 0.3) is 5.91 Å². The van der Waals surface area contributed by atoms with Crippen molar-refractivity contribution in [3.8, 4) is 0 Å². The molecule has 11 heteroatoms. The molecule has 1 atom stereocenters. The maximum absolute atomic E-state index is 13.7. The number of fused-ring (bicyclic) bond motifs is 1. The van der Waals surface area contributed by atoms with E-state index < -0.39 is 28.6 Å². The zero-order valence-electron chi connectivity index (χ0n) is 17.9. The third kappa shape index (κ3) is 5.38. The molecule has 172 valence electrons. The summed E-state index contributed by atoms with van der Waals surface area (Å²) in [7, 11) is 0.283. The van der Waals surface area contributed by atoms with Crippen LogP contribution in [0.3, 0.4) is 0 Å². The largest absolute Gasteiger partial charge is 0.417 e. The van der Waals surface area contributed by atoms with E-state index in [2.05, 4.69) is 15.0 Å². The molecule has 31 heavy (non-hydrogen) atoms. The van der Waals surface area contributed by atoms with Crippen LogP contribution in [-0.2, 0) is 17.2 Å². The highest BCUT2D eigenvalue weighted by molar-refractivity contribution is 7.84. The zero-order chi connectivity index (χ0) is 23.0. The number of pyridine rings is 1. The minimum absolute atomic E-state index is 0.0291. The number of amides is 1. The number of alkyl halides is 3.